The molecule has 0 radical (unpaired) electrons. The van der Waals surface area contributed by atoms with Gasteiger partial charge in [-0.05, 0) is 43.5 Å². The number of fused-ring (bicyclic) bond motifs is 2. The fourth-order valence-corrected chi connectivity index (χ4v) is 5.57. The maximum atomic E-state index is 3.68. The average Bonchev–Trinajstić information content (AvgIpc) is 3.17. The van der Waals surface area contributed by atoms with Crippen molar-refractivity contribution in [1.29, 1.82) is 0 Å². The minimum atomic E-state index is -0.00306. The Kier molecular flexibility index (Phi) is 8.28. The minimum Gasteiger partial charge on any atom is -1.00 e. The summed E-state index contributed by atoms with van der Waals surface area (Å²) in [5, 5.41) is 3.68. The number of benzene rings is 2. The van der Waals surface area contributed by atoms with Crippen molar-refractivity contribution in [3.05, 3.63) is 95.2 Å². The highest BCUT2D eigenvalue weighted by Crippen LogP contribution is 2.45. The molecule has 0 saturated carbocycles. The number of rotatable bonds is 7. The zero-order valence-corrected chi connectivity index (χ0v) is 23.7. The number of anilines is 1. The van der Waals surface area contributed by atoms with E-state index in [4.69, 9.17) is 0 Å². The Bertz CT molecular complexity index is 1160. The third kappa shape index (κ3) is 4.68. The van der Waals surface area contributed by atoms with Crippen LogP contribution in [0.2, 0.25) is 0 Å². The van der Waals surface area contributed by atoms with E-state index >= 15 is 0 Å². The van der Waals surface area contributed by atoms with Crippen molar-refractivity contribution in [2.45, 2.75) is 71.6 Å². The summed E-state index contributed by atoms with van der Waals surface area (Å²) in [6.07, 6.45) is 14.5. The summed E-state index contributed by atoms with van der Waals surface area (Å²) >= 11 is 0. The molecule has 34 heavy (non-hydrogen) atoms. The van der Waals surface area contributed by atoms with Crippen LogP contribution < -0.4 is 29.3 Å². The number of hydrogen-bond acceptors (Lipinski definition) is 1. The van der Waals surface area contributed by atoms with Crippen molar-refractivity contribution < 1.29 is 28.6 Å². The predicted octanol–water partition coefficient (Wildman–Crippen LogP) is 4.83. The lowest BCUT2D eigenvalue weighted by Gasteiger charge is -2.22. The van der Waals surface area contributed by atoms with Crippen LogP contribution >= 0.6 is 0 Å². The molecule has 3 heteroatoms. The molecule has 0 bridgehead atoms. The average molecular weight is 567 g/mol. The van der Waals surface area contributed by atoms with Gasteiger partial charge in [0.05, 0.1) is 5.41 Å². The Balaban J connectivity index is 0.00000324. The fraction of sp³-hybridized carbons (Fsp3) is 0.387. The number of para-hydroxylation sites is 1. The minimum absolute atomic E-state index is 0. The largest absolute Gasteiger partial charge is 1.00 e. The van der Waals surface area contributed by atoms with Crippen molar-refractivity contribution in [3.8, 4) is 0 Å². The second-order valence-electron chi connectivity index (χ2n) is 10.3. The molecule has 4 rings (SSSR count). The summed E-state index contributed by atoms with van der Waals surface area (Å²) in [7, 11) is 0. The van der Waals surface area contributed by atoms with Crippen molar-refractivity contribution in [2.24, 2.45) is 0 Å². The van der Waals surface area contributed by atoms with Gasteiger partial charge in [0.15, 0.2) is 5.71 Å². The van der Waals surface area contributed by atoms with Gasteiger partial charge in [-0.1, -0.05) is 82.7 Å². The van der Waals surface area contributed by atoms with Crippen molar-refractivity contribution in [2.75, 3.05) is 11.9 Å². The molecule has 1 N–H and O–H groups in total. The molecule has 0 fully saturated rings. The number of nitrogens with one attached hydrogen (secondary N) is 1. The lowest BCUT2D eigenvalue weighted by atomic mass is 9.80. The van der Waals surface area contributed by atoms with Gasteiger partial charge in [0.25, 0.3) is 0 Å². The van der Waals surface area contributed by atoms with Gasteiger partial charge in [-0.25, -0.2) is 0 Å². The lowest BCUT2D eigenvalue weighted by molar-refractivity contribution is -0.437. The molecule has 2 nitrogen and oxygen atoms in total. The molecule has 2 aromatic carbocycles. The number of hydrogen-bond donors (Lipinski definition) is 1. The van der Waals surface area contributed by atoms with Gasteiger partial charge in [-0.2, -0.15) is 4.58 Å². The first-order chi connectivity index (χ1) is 15.8. The van der Waals surface area contributed by atoms with Crippen LogP contribution in [0, 0.1) is 0 Å². The molecule has 0 saturated heterocycles. The number of aryl methyl sites for hydroxylation is 1. The lowest BCUT2D eigenvalue weighted by Crippen LogP contribution is -3.00. The molecule has 2 aliphatic heterocycles. The van der Waals surface area contributed by atoms with Crippen LogP contribution in [-0.4, -0.2) is 16.8 Å². The van der Waals surface area contributed by atoms with Crippen molar-refractivity contribution in [3.63, 3.8) is 0 Å². The van der Waals surface area contributed by atoms with Gasteiger partial charge in [-0.15, -0.1) is 0 Å². The van der Waals surface area contributed by atoms with Gasteiger partial charge in [0.1, 0.15) is 6.54 Å². The molecule has 0 aromatic heterocycles. The monoisotopic (exact) mass is 566 g/mol. The summed E-state index contributed by atoms with van der Waals surface area (Å²) in [5.41, 5.74) is 9.61. The molecule has 2 heterocycles. The van der Waals surface area contributed by atoms with Crippen LogP contribution in [0.1, 0.15) is 71.1 Å². The summed E-state index contributed by atoms with van der Waals surface area (Å²) in [5.74, 6) is 0. The quantitative estimate of drug-likeness (QED) is 0.289. The fourth-order valence-electron chi connectivity index (χ4n) is 5.57. The summed E-state index contributed by atoms with van der Waals surface area (Å²) in [6, 6.07) is 15.5. The van der Waals surface area contributed by atoms with E-state index in [9.17, 15) is 0 Å². The van der Waals surface area contributed by atoms with E-state index in [0.29, 0.717) is 0 Å². The van der Waals surface area contributed by atoms with E-state index in [0.717, 1.165) is 19.4 Å². The van der Waals surface area contributed by atoms with Crippen LogP contribution in [-0.2, 0) is 17.3 Å². The van der Waals surface area contributed by atoms with Crippen LogP contribution in [0.25, 0.3) is 0 Å². The third-order valence-electron chi connectivity index (χ3n) is 7.22. The molecule has 2 aromatic rings. The smallest absolute Gasteiger partial charge is 0.209 e. The van der Waals surface area contributed by atoms with E-state index in [1.807, 2.05) is 0 Å². The summed E-state index contributed by atoms with van der Waals surface area (Å²) < 4.78 is 2.49. The first kappa shape index (κ1) is 26.5. The molecular weight excluding hydrogens is 527 g/mol. The van der Waals surface area contributed by atoms with E-state index in [2.05, 4.69) is 124 Å². The van der Waals surface area contributed by atoms with E-state index in [1.54, 1.807) is 0 Å². The van der Waals surface area contributed by atoms with E-state index in [1.165, 1.54) is 45.9 Å². The van der Waals surface area contributed by atoms with Crippen molar-refractivity contribution >= 4 is 17.1 Å². The van der Waals surface area contributed by atoms with Crippen molar-refractivity contribution in [1.82, 2.24) is 0 Å². The van der Waals surface area contributed by atoms with E-state index < -0.39 is 0 Å². The molecule has 0 spiro atoms. The number of allylic oxidation sites excluding steroid dienone is 6. The molecule has 180 valence electrons. The Hall–Kier alpha value is -2.14. The van der Waals surface area contributed by atoms with Gasteiger partial charge in [0.2, 0.25) is 5.69 Å². The zero-order chi connectivity index (χ0) is 23.6. The molecule has 0 amide bonds. The zero-order valence-electron chi connectivity index (χ0n) is 21.6. The van der Waals surface area contributed by atoms with Crippen LogP contribution in [0.5, 0.6) is 0 Å². The maximum absolute atomic E-state index is 3.68. The maximum Gasteiger partial charge on any atom is 0.209 e. The van der Waals surface area contributed by atoms with Gasteiger partial charge >= 0.3 is 0 Å². The molecule has 2 aliphatic rings. The highest BCUT2D eigenvalue weighted by molar-refractivity contribution is 6.03. The summed E-state index contributed by atoms with van der Waals surface area (Å²) in [6.45, 7) is 14.9. The van der Waals surface area contributed by atoms with E-state index in [-0.39, 0.29) is 34.8 Å². The van der Waals surface area contributed by atoms with Crippen LogP contribution in [0.3, 0.4) is 0 Å². The Morgan fingerprint density at radius 3 is 2.35 bits per heavy atom. The SMILES string of the molecule is CCCc1cccc2c1C(C)(C)C(=CC=CC=CC1=[N+](CCC)c3ccccc3C1(C)C)N2.[I-]. The number of halogens is 1. The van der Waals surface area contributed by atoms with Gasteiger partial charge in [-0.3, -0.25) is 0 Å². The second kappa shape index (κ2) is 10.6. The topological polar surface area (TPSA) is 15.0 Å². The molecule has 0 unspecified atom stereocenters. The molecular formula is C31H39IN2. The first-order valence-corrected chi connectivity index (χ1v) is 12.5. The molecule has 0 atom stereocenters. The molecule has 0 aliphatic carbocycles. The normalized spacial score (nSPS) is 18.9. The third-order valence-corrected chi connectivity index (χ3v) is 7.22. The van der Waals surface area contributed by atoms with Gasteiger partial charge in [0, 0.05) is 40.9 Å². The number of nitrogens with zero attached hydrogens (tertiary/aromatic N) is 1. The standard InChI is InChI=1S/C31H38N2.HI/c1-7-15-23-16-14-18-25-29(23)31(5,6)27(32-25)20-10-9-11-21-28-30(3,4)24-17-12-13-19-26(24)33(28)22-8-2;/h9-14,16-21H,7-8,15,22H2,1-6H3;1H. The summed E-state index contributed by atoms with van der Waals surface area (Å²) in [4.78, 5) is 0. The predicted molar refractivity (Wildman–Crippen MR) is 143 cm³/mol. The first-order valence-electron chi connectivity index (χ1n) is 12.5. The highest BCUT2D eigenvalue weighted by atomic mass is 127. The van der Waals surface area contributed by atoms with Gasteiger partial charge < -0.3 is 29.3 Å². The second-order valence-corrected chi connectivity index (χ2v) is 10.3. The Morgan fingerprint density at radius 1 is 0.853 bits per heavy atom. The highest BCUT2D eigenvalue weighted by Gasteiger charge is 2.43. The van der Waals surface area contributed by atoms with Crippen LogP contribution in [0.15, 0.2) is 78.5 Å². The Morgan fingerprint density at radius 2 is 1.62 bits per heavy atom. The Labute approximate surface area is 223 Å². The van der Waals surface area contributed by atoms with Crippen LogP contribution in [0.4, 0.5) is 11.4 Å².